The van der Waals surface area contributed by atoms with E-state index in [0.717, 1.165) is 5.56 Å². The van der Waals surface area contributed by atoms with E-state index in [1.165, 1.54) is 12.1 Å². The molecule has 0 radical (unpaired) electrons. The predicted octanol–water partition coefficient (Wildman–Crippen LogP) is 4.50. The first-order chi connectivity index (χ1) is 11.5. The molecule has 1 amide bonds. The monoisotopic (exact) mass is 373 g/mol. The van der Waals surface area contributed by atoms with Crippen molar-refractivity contribution in [3.63, 3.8) is 0 Å². The highest BCUT2D eigenvalue weighted by Gasteiger charge is 2.10. The molecule has 0 aliphatic rings. The van der Waals surface area contributed by atoms with Crippen molar-refractivity contribution in [1.82, 2.24) is 5.32 Å². The standard InChI is InChI=1S/C17H15Cl2F2NO2/c18-14-2-1-3-15(19)13(14)10-16(23)22-9-8-11-4-6-12(7-5-11)24-17(20)21/h1-7,17H,8-10H2,(H,22,23). The molecule has 0 heterocycles. The van der Waals surface area contributed by atoms with Gasteiger partial charge in [-0.1, -0.05) is 41.4 Å². The van der Waals surface area contributed by atoms with Gasteiger partial charge in [0.15, 0.2) is 0 Å². The van der Waals surface area contributed by atoms with E-state index in [1.807, 2.05) is 0 Å². The van der Waals surface area contributed by atoms with Crippen molar-refractivity contribution in [2.45, 2.75) is 19.5 Å². The number of benzene rings is 2. The van der Waals surface area contributed by atoms with Crippen LogP contribution in [0.1, 0.15) is 11.1 Å². The highest BCUT2D eigenvalue weighted by molar-refractivity contribution is 6.36. The van der Waals surface area contributed by atoms with E-state index in [4.69, 9.17) is 23.2 Å². The fourth-order valence-electron chi connectivity index (χ4n) is 2.11. The molecular weight excluding hydrogens is 359 g/mol. The van der Waals surface area contributed by atoms with E-state index < -0.39 is 6.61 Å². The van der Waals surface area contributed by atoms with Gasteiger partial charge in [-0.15, -0.1) is 0 Å². The molecule has 0 saturated carbocycles. The van der Waals surface area contributed by atoms with Crippen LogP contribution in [0.25, 0.3) is 0 Å². The lowest BCUT2D eigenvalue weighted by Crippen LogP contribution is -2.27. The summed E-state index contributed by atoms with van der Waals surface area (Å²) in [5, 5.41) is 3.68. The number of hydrogen-bond donors (Lipinski definition) is 1. The number of halogens is 4. The Kier molecular flexibility index (Phi) is 6.82. The Bertz CT molecular complexity index is 673. The van der Waals surface area contributed by atoms with Crippen LogP contribution in [0.5, 0.6) is 5.75 Å². The molecule has 0 aromatic heterocycles. The van der Waals surface area contributed by atoms with Gasteiger partial charge >= 0.3 is 6.61 Å². The molecule has 128 valence electrons. The van der Waals surface area contributed by atoms with Gasteiger partial charge in [-0.2, -0.15) is 8.78 Å². The molecule has 0 fully saturated rings. The van der Waals surface area contributed by atoms with Gasteiger partial charge in [0, 0.05) is 16.6 Å². The molecule has 24 heavy (non-hydrogen) atoms. The summed E-state index contributed by atoms with van der Waals surface area (Å²) in [7, 11) is 0. The maximum absolute atomic E-state index is 12.1. The van der Waals surface area contributed by atoms with Gasteiger partial charge in [0.05, 0.1) is 6.42 Å². The van der Waals surface area contributed by atoms with Crippen LogP contribution in [0.3, 0.4) is 0 Å². The number of carbonyl (C=O) groups excluding carboxylic acids is 1. The molecule has 1 N–H and O–H groups in total. The lowest BCUT2D eigenvalue weighted by Gasteiger charge is -2.09. The second-order valence-corrected chi connectivity index (χ2v) is 5.81. The molecule has 2 aromatic rings. The first kappa shape index (κ1) is 18.5. The van der Waals surface area contributed by atoms with E-state index >= 15 is 0 Å². The summed E-state index contributed by atoms with van der Waals surface area (Å²) in [6.07, 6.45) is 0.663. The smallest absolute Gasteiger partial charge is 0.387 e. The Morgan fingerprint density at radius 3 is 2.29 bits per heavy atom. The lowest BCUT2D eigenvalue weighted by atomic mass is 10.1. The Balaban J connectivity index is 1.80. The lowest BCUT2D eigenvalue weighted by molar-refractivity contribution is -0.120. The summed E-state index contributed by atoms with van der Waals surface area (Å²) >= 11 is 12.0. The highest BCUT2D eigenvalue weighted by Crippen LogP contribution is 2.24. The molecule has 7 heteroatoms. The van der Waals surface area contributed by atoms with Gasteiger partial charge in [0.25, 0.3) is 0 Å². The fraction of sp³-hybridized carbons (Fsp3) is 0.235. The van der Waals surface area contributed by atoms with Gasteiger partial charge in [-0.3, -0.25) is 4.79 Å². The second kappa shape index (κ2) is 8.85. The number of amides is 1. The molecule has 0 bridgehead atoms. The van der Waals surface area contributed by atoms with Crippen LogP contribution in [0.15, 0.2) is 42.5 Å². The minimum Gasteiger partial charge on any atom is -0.435 e. The summed E-state index contributed by atoms with van der Waals surface area (Å²) in [5.74, 6) is -0.0891. The van der Waals surface area contributed by atoms with E-state index in [1.54, 1.807) is 30.3 Å². The van der Waals surface area contributed by atoms with Crippen molar-refractivity contribution in [3.05, 3.63) is 63.6 Å². The summed E-state index contributed by atoms with van der Waals surface area (Å²) in [4.78, 5) is 12.0. The second-order valence-electron chi connectivity index (χ2n) is 5.00. The van der Waals surface area contributed by atoms with E-state index in [-0.39, 0.29) is 18.1 Å². The molecule has 2 rings (SSSR count). The first-order valence-electron chi connectivity index (χ1n) is 7.19. The number of hydrogen-bond acceptors (Lipinski definition) is 2. The molecular formula is C17H15Cl2F2NO2. The quantitative estimate of drug-likeness (QED) is 0.775. The van der Waals surface area contributed by atoms with Crippen LogP contribution in [0.2, 0.25) is 10.0 Å². The van der Waals surface area contributed by atoms with Crippen molar-refractivity contribution >= 4 is 29.1 Å². The zero-order valence-electron chi connectivity index (χ0n) is 12.6. The van der Waals surface area contributed by atoms with Gasteiger partial charge in [-0.05, 0) is 41.8 Å². The molecule has 0 aliphatic carbocycles. The number of nitrogens with one attached hydrogen (secondary N) is 1. The minimum atomic E-state index is -2.84. The summed E-state index contributed by atoms with van der Waals surface area (Å²) in [5.41, 5.74) is 1.49. The van der Waals surface area contributed by atoms with Gasteiger partial charge in [0.1, 0.15) is 5.75 Å². The van der Waals surface area contributed by atoms with Gasteiger partial charge in [-0.25, -0.2) is 0 Å². The van der Waals surface area contributed by atoms with Crippen LogP contribution in [-0.4, -0.2) is 19.1 Å². The number of ether oxygens (including phenoxy) is 1. The maximum atomic E-state index is 12.1. The van der Waals surface area contributed by atoms with E-state index in [9.17, 15) is 13.6 Å². The third-order valence-electron chi connectivity index (χ3n) is 3.28. The van der Waals surface area contributed by atoms with Crippen LogP contribution >= 0.6 is 23.2 Å². The fourth-order valence-corrected chi connectivity index (χ4v) is 2.64. The van der Waals surface area contributed by atoms with Crippen molar-refractivity contribution < 1.29 is 18.3 Å². The normalized spacial score (nSPS) is 10.7. The Morgan fingerprint density at radius 2 is 1.71 bits per heavy atom. The first-order valence-corrected chi connectivity index (χ1v) is 7.94. The van der Waals surface area contributed by atoms with E-state index in [2.05, 4.69) is 10.1 Å². The third-order valence-corrected chi connectivity index (χ3v) is 3.99. The van der Waals surface area contributed by atoms with Crippen LogP contribution < -0.4 is 10.1 Å². The zero-order chi connectivity index (χ0) is 17.5. The van der Waals surface area contributed by atoms with Crippen molar-refractivity contribution in [1.29, 1.82) is 0 Å². The SMILES string of the molecule is O=C(Cc1c(Cl)cccc1Cl)NCCc1ccc(OC(F)F)cc1. The van der Waals surface area contributed by atoms with Gasteiger partial charge < -0.3 is 10.1 Å². The third kappa shape index (κ3) is 5.65. The minimum absolute atomic E-state index is 0.0969. The predicted molar refractivity (Wildman–Crippen MR) is 90.0 cm³/mol. The highest BCUT2D eigenvalue weighted by atomic mass is 35.5. The van der Waals surface area contributed by atoms with Crippen LogP contribution in [0.4, 0.5) is 8.78 Å². The number of rotatable bonds is 7. The van der Waals surface area contributed by atoms with Crippen molar-refractivity contribution in [3.8, 4) is 5.75 Å². The molecule has 2 aromatic carbocycles. The topological polar surface area (TPSA) is 38.3 Å². The molecule has 0 spiro atoms. The van der Waals surface area contributed by atoms with Crippen molar-refractivity contribution in [2.24, 2.45) is 0 Å². The Morgan fingerprint density at radius 1 is 1.08 bits per heavy atom. The summed E-state index contributed by atoms with van der Waals surface area (Å²) in [6, 6.07) is 11.4. The molecule has 0 atom stereocenters. The summed E-state index contributed by atoms with van der Waals surface area (Å²) in [6.45, 7) is -2.43. The Labute approximate surface area is 148 Å². The molecule has 0 aliphatic heterocycles. The average molecular weight is 374 g/mol. The summed E-state index contributed by atoms with van der Waals surface area (Å²) < 4.78 is 28.4. The van der Waals surface area contributed by atoms with Gasteiger partial charge in [0.2, 0.25) is 5.91 Å². The molecule has 3 nitrogen and oxygen atoms in total. The maximum Gasteiger partial charge on any atom is 0.387 e. The Hall–Kier alpha value is -1.85. The molecule has 0 saturated heterocycles. The van der Waals surface area contributed by atoms with Crippen LogP contribution in [0, 0.1) is 0 Å². The largest absolute Gasteiger partial charge is 0.435 e. The number of alkyl halides is 2. The number of carbonyl (C=O) groups is 1. The van der Waals surface area contributed by atoms with Crippen molar-refractivity contribution in [2.75, 3.05) is 6.54 Å². The average Bonchev–Trinajstić information content (AvgIpc) is 2.52. The zero-order valence-corrected chi connectivity index (χ0v) is 14.1. The van der Waals surface area contributed by atoms with Crippen LogP contribution in [-0.2, 0) is 17.6 Å². The van der Waals surface area contributed by atoms with E-state index in [0.29, 0.717) is 28.6 Å². The molecule has 0 unspecified atom stereocenters.